The van der Waals surface area contributed by atoms with Gasteiger partial charge in [-0.25, -0.2) is 0 Å². The molecule has 5 heteroatoms. The summed E-state index contributed by atoms with van der Waals surface area (Å²) in [5.74, 6) is -0.185. The van der Waals surface area contributed by atoms with Crippen molar-refractivity contribution in [3.8, 4) is 0 Å². The molecule has 5 nitrogen and oxygen atoms in total. The van der Waals surface area contributed by atoms with Gasteiger partial charge < -0.3 is 16.0 Å². The largest absolute Gasteiger partial charge is 0.348 e. The highest BCUT2D eigenvalue weighted by atomic mass is 16.2. The van der Waals surface area contributed by atoms with Crippen molar-refractivity contribution in [2.75, 3.05) is 6.54 Å². The van der Waals surface area contributed by atoms with Crippen molar-refractivity contribution in [2.24, 2.45) is 5.73 Å². The van der Waals surface area contributed by atoms with Crippen molar-refractivity contribution in [3.05, 3.63) is 33.7 Å². The molecule has 4 N–H and O–H groups in total. The Labute approximate surface area is 107 Å². The topological polar surface area (TPSA) is 88.0 Å². The Kier molecular flexibility index (Phi) is 5.58. The highest BCUT2D eigenvalue weighted by Crippen LogP contribution is 2.05. The number of aromatic amines is 1. The molecule has 0 aliphatic carbocycles. The summed E-state index contributed by atoms with van der Waals surface area (Å²) in [4.78, 5) is 25.6. The number of rotatable bonds is 6. The van der Waals surface area contributed by atoms with E-state index >= 15 is 0 Å². The summed E-state index contributed by atoms with van der Waals surface area (Å²) in [5, 5.41) is 2.89. The van der Waals surface area contributed by atoms with Crippen molar-refractivity contribution in [3.63, 3.8) is 0 Å². The number of aryl methyl sites for hydroxylation is 1. The third kappa shape index (κ3) is 4.00. The maximum Gasteiger partial charge on any atom is 0.253 e. The van der Waals surface area contributed by atoms with E-state index in [2.05, 4.69) is 17.2 Å². The van der Waals surface area contributed by atoms with Crippen molar-refractivity contribution >= 4 is 5.91 Å². The highest BCUT2D eigenvalue weighted by molar-refractivity contribution is 5.95. The first-order chi connectivity index (χ1) is 8.58. The smallest absolute Gasteiger partial charge is 0.253 e. The minimum absolute atomic E-state index is 0.0104. The van der Waals surface area contributed by atoms with Crippen LogP contribution in [0, 0.1) is 6.92 Å². The number of pyridine rings is 1. The number of hydrogen-bond acceptors (Lipinski definition) is 3. The van der Waals surface area contributed by atoms with Gasteiger partial charge in [-0.1, -0.05) is 19.8 Å². The monoisotopic (exact) mass is 251 g/mol. The molecule has 100 valence electrons. The molecule has 0 aliphatic rings. The Morgan fingerprint density at radius 1 is 1.56 bits per heavy atom. The molecular formula is C13H21N3O2. The van der Waals surface area contributed by atoms with Gasteiger partial charge >= 0.3 is 0 Å². The Morgan fingerprint density at radius 3 is 2.83 bits per heavy atom. The minimum atomic E-state index is -0.203. The summed E-state index contributed by atoms with van der Waals surface area (Å²) in [7, 11) is 0. The van der Waals surface area contributed by atoms with Gasteiger partial charge in [0.2, 0.25) is 5.56 Å². The van der Waals surface area contributed by atoms with Crippen molar-refractivity contribution < 1.29 is 4.79 Å². The second-order valence-corrected chi connectivity index (χ2v) is 4.44. The van der Waals surface area contributed by atoms with Crippen molar-refractivity contribution in [2.45, 2.75) is 39.2 Å². The number of aromatic nitrogens is 1. The van der Waals surface area contributed by atoms with E-state index in [1.165, 1.54) is 12.3 Å². The SMILES string of the molecule is CCCCC(CN)NC(=O)c1c[nH]c(=O)cc1C. The Morgan fingerprint density at radius 2 is 2.28 bits per heavy atom. The molecule has 1 unspecified atom stereocenters. The van der Waals surface area contributed by atoms with Crippen LogP contribution in [0.25, 0.3) is 0 Å². The lowest BCUT2D eigenvalue weighted by molar-refractivity contribution is 0.0934. The molecule has 0 saturated heterocycles. The van der Waals surface area contributed by atoms with Gasteiger partial charge in [0.25, 0.3) is 5.91 Å². The quantitative estimate of drug-likeness (QED) is 0.702. The standard InChI is InChI=1S/C13H21N3O2/c1-3-4-5-10(7-14)16-13(18)11-8-15-12(17)6-9(11)2/h6,8,10H,3-5,7,14H2,1-2H3,(H,15,17)(H,16,18). The first-order valence-corrected chi connectivity index (χ1v) is 6.28. The first-order valence-electron chi connectivity index (χ1n) is 6.28. The molecule has 1 aromatic rings. The van der Waals surface area contributed by atoms with Gasteiger partial charge in [-0.3, -0.25) is 9.59 Å². The molecule has 18 heavy (non-hydrogen) atoms. The second kappa shape index (κ2) is 6.96. The van der Waals surface area contributed by atoms with E-state index in [0.29, 0.717) is 17.7 Å². The normalized spacial score (nSPS) is 12.2. The molecule has 1 amide bonds. The maximum absolute atomic E-state index is 12.0. The van der Waals surface area contributed by atoms with Crippen LogP contribution in [-0.2, 0) is 0 Å². The molecular weight excluding hydrogens is 230 g/mol. The fourth-order valence-corrected chi connectivity index (χ4v) is 1.78. The number of nitrogens with one attached hydrogen (secondary N) is 2. The van der Waals surface area contributed by atoms with Gasteiger partial charge in [0, 0.05) is 24.8 Å². The van der Waals surface area contributed by atoms with Crippen LogP contribution < -0.4 is 16.6 Å². The van der Waals surface area contributed by atoms with Gasteiger partial charge in [0.15, 0.2) is 0 Å². The van der Waals surface area contributed by atoms with Gasteiger partial charge in [0.05, 0.1) is 5.56 Å². The Hall–Kier alpha value is -1.62. The molecule has 0 fully saturated rings. The zero-order chi connectivity index (χ0) is 13.5. The third-order valence-corrected chi connectivity index (χ3v) is 2.90. The van der Waals surface area contributed by atoms with Gasteiger partial charge in [-0.05, 0) is 18.9 Å². The van der Waals surface area contributed by atoms with Gasteiger partial charge in [0.1, 0.15) is 0 Å². The molecule has 0 aliphatic heterocycles. The Bertz CT molecular complexity index is 454. The van der Waals surface area contributed by atoms with E-state index in [4.69, 9.17) is 5.73 Å². The van der Waals surface area contributed by atoms with E-state index in [1.54, 1.807) is 6.92 Å². The molecule has 1 heterocycles. The lowest BCUT2D eigenvalue weighted by atomic mass is 10.1. The predicted molar refractivity (Wildman–Crippen MR) is 71.6 cm³/mol. The van der Waals surface area contributed by atoms with Crippen LogP contribution in [-0.4, -0.2) is 23.5 Å². The van der Waals surface area contributed by atoms with E-state index in [0.717, 1.165) is 19.3 Å². The first kappa shape index (κ1) is 14.4. The van der Waals surface area contributed by atoms with Crippen LogP contribution in [0.5, 0.6) is 0 Å². The summed E-state index contributed by atoms with van der Waals surface area (Å²) in [6, 6.07) is 1.40. The van der Waals surface area contributed by atoms with Crippen LogP contribution in [0.3, 0.4) is 0 Å². The Balaban J connectivity index is 2.71. The predicted octanol–water partition coefficient (Wildman–Crippen LogP) is 0.931. The van der Waals surface area contributed by atoms with Crippen LogP contribution in [0.4, 0.5) is 0 Å². The summed E-state index contributed by atoms with van der Waals surface area (Å²) < 4.78 is 0. The number of amides is 1. The molecule has 0 radical (unpaired) electrons. The summed E-state index contributed by atoms with van der Waals surface area (Å²) >= 11 is 0. The number of carbonyl (C=O) groups is 1. The van der Waals surface area contributed by atoms with Crippen LogP contribution in [0.15, 0.2) is 17.1 Å². The van der Waals surface area contributed by atoms with Crippen LogP contribution >= 0.6 is 0 Å². The number of carbonyl (C=O) groups excluding carboxylic acids is 1. The van der Waals surface area contributed by atoms with E-state index < -0.39 is 0 Å². The molecule has 1 rings (SSSR count). The van der Waals surface area contributed by atoms with E-state index in [1.807, 2.05) is 0 Å². The maximum atomic E-state index is 12.0. The average Bonchev–Trinajstić information content (AvgIpc) is 2.34. The molecule has 1 atom stereocenters. The molecule has 0 bridgehead atoms. The lowest BCUT2D eigenvalue weighted by Crippen LogP contribution is -2.40. The van der Waals surface area contributed by atoms with Gasteiger partial charge in [-0.2, -0.15) is 0 Å². The number of H-pyrrole nitrogens is 1. The third-order valence-electron chi connectivity index (χ3n) is 2.90. The van der Waals surface area contributed by atoms with Gasteiger partial charge in [-0.15, -0.1) is 0 Å². The average molecular weight is 251 g/mol. The highest BCUT2D eigenvalue weighted by Gasteiger charge is 2.14. The lowest BCUT2D eigenvalue weighted by Gasteiger charge is -2.17. The zero-order valence-corrected chi connectivity index (χ0v) is 11.0. The summed E-state index contributed by atoms with van der Waals surface area (Å²) in [6.07, 6.45) is 4.43. The number of nitrogens with two attached hydrogens (primary N) is 1. The number of hydrogen-bond donors (Lipinski definition) is 3. The second-order valence-electron chi connectivity index (χ2n) is 4.44. The number of unbranched alkanes of at least 4 members (excludes halogenated alkanes) is 1. The van der Waals surface area contributed by atoms with Crippen molar-refractivity contribution in [1.29, 1.82) is 0 Å². The molecule has 0 spiro atoms. The molecule has 0 aromatic carbocycles. The summed E-state index contributed by atoms with van der Waals surface area (Å²) in [5.41, 5.74) is 6.59. The van der Waals surface area contributed by atoms with Crippen molar-refractivity contribution in [1.82, 2.24) is 10.3 Å². The van der Waals surface area contributed by atoms with E-state index in [-0.39, 0.29) is 17.5 Å². The fourth-order valence-electron chi connectivity index (χ4n) is 1.78. The molecule has 0 saturated carbocycles. The summed E-state index contributed by atoms with van der Waals surface area (Å²) in [6.45, 7) is 4.27. The minimum Gasteiger partial charge on any atom is -0.348 e. The molecule has 1 aromatic heterocycles. The zero-order valence-electron chi connectivity index (χ0n) is 11.0. The van der Waals surface area contributed by atoms with Crippen LogP contribution in [0.1, 0.15) is 42.1 Å². The fraction of sp³-hybridized carbons (Fsp3) is 0.538. The van der Waals surface area contributed by atoms with E-state index in [9.17, 15) is 9.59 Å². The van der Waals surface area contributed by atoms with Crippen LogP contribution in [0.2, 0.25) is 0 Å².